The van der Waals surface area contributed by atoms with Crippen LogP contribution in [0.2, 0.25) is 0 Å². The van der Waals surface area contributed by atoms with Gasteiger partial charge in [0.05, 0.1) is 24.8 Å². The number of hydrogen-bond donors (Lipinski definition) is 2. The number of rotatable bonds is 3. The number of hydrogen-bond acceptors (Lipinski definition) is 7. The topological polar surface area (TPSA) is 82.0 Å². The summed E-state index contributed by atoms with van der Waals surface area (Å²) in [5.74, 6) is 2.43. The normalized spacial score (nSPS) is 31.3. The molecule has 3 heterocycles. The number of ether oxygens (including phenoxy) is 1. The molecule has 1 aromatic carbocycles. The molecule has 7 heteroatoms. The van der Waals surface area contributed by atoms with Gasteiger partial charge in [-0.15, -0.1) is 0 Å². The Morgan fingerprint density at radius 3 is 2.57 bits per heavy atom. The van der Waals surface area contributed by atoms with E-state index in [1.807, 2.05) is 18.2 Å². The molecule has 4 atom stereocenters. The number of benzene rings is 1. The lowest BCUT2D eigenvalue weighted by molar-refractivity contribution is -0.0520. The standard InChI is InChI=1S/C21H28N4O3/c26-13-20-22-17-4-2-1-3-16(17)21(23-20)25-11-14-9-18(19(27)10-15(14)12-25)24-5-7-28-8-6-24/h1-4,14-15,18-19,26-27H,5-13H2/t14-,15+,18-,19-/m1/s1. The second kappa shape index (κ2) is 7.55. The Hall–Kier alpha value is -1.80. The van der Waals surface area contributed by atoms with Crippen LogP contribution in [0.4, 0.5) is 5.82 Å². The van der Waals surface area contributed by atoms with Crippen LogP contribution in [-0.4, -0.2) is 76.6 Å². The molecule has 0 bridgehead atoms. The van der Waals surface area contributed by atoms with Crippen LogP contribution >= 0.6 is 0 Å². The van der Waals surface area contributed by atoms with E-state index < -0.39 is 0 Å². The first kappa shape index (κ1) is 18.2. The maximum atomic E-state index is 10.8. The molecule has 0 radical (unpaired) electrons. The summed E-state index contributed by atoms with van der Waals surface area (Å²) in [6, 6.07) is 8.24. The number of aliphatic hydroxyl groups excluding tert-OH is 2. The summed E-state index contributed by atoms with van der Waals surface area (Å²) in [4.78, 5) is 13.9. The maximum absolute atomic E-state index is 10.8. The molecule has 0 spiro atoms. The zero-order valence-electron chi connectivity index (χ0n) is 16.1. The van der Waals surface area contributed by atoms with E-state index in [9.17, 15) is 10.2 Å². The minimum Gasteiger partial charge on any atom is -0.391 e. The van der Waals surface area contributed by atoms with E-state index in [-0.39, 0.29) is 18.8 Å². The summed E-state index contributed by atoms with van der Waals surface area (Å²) in [6.07, 6.45) is 1.60. The van der Waals surface area contributed by atoms with Gasteiger partial charge in [0, 0.05) is 37.6 Å². The highest BCUT2D eigenvalue weighted by Crippen LogP contribution is 2.40. The van der Waals surface area contributed by atoms with Gasteiger partial charge in [0.25, 0.3) is 0 Å². The largest absolute Gasteiger partial charge is 0.391 e. The molecule has 2 N–H and O–H groups in total. The molecule has 0 amide bonds. The Morgan fingerprint density at radius 1 is 1.04 bits per heavy atom. The fourth-order valence-electron chi connectivity index (χ4n) is 5.30. The zero-order chi connectivity index (χ0) is 19.1. The van der Waals surface area contributed by atoms with Gasteiger partial charge in [0.2, 0.25) is 0 Å². The van der Waals surface area contributed by atoms with Crippen molar-refractivity contribution < 1.29 is 14.9 Å². The summed E-state index contributed by atoms with van der Waals surface area (Å²) < 4.78 is 5.48. The quantitative estimate of drug-likeness (QED) is 0.818. The number of morpholine rings is 1. The van der Waals surface area contributed by atoms with Crippen LogP contribution in [0.5, 0.6) is 0 Å². The molecule has 2 saturated heterocycles. The Balaban J connectivity index is 1.39. The van der Waals surface area contributed by atoms with Gasteiger partial charge in [0.1, 0.15) is 12.4 Å². The molecule has 2 aromatic rings. The van der Waals surface area contributed by atoms with Gasteiger partial charge in [-0.1, -0.05) is 12.1 Å². The van der Waals surface area contributed by atoms with Gasteiger partial charge in [0.15, 0.2) is 5.82 Å². The van der Waals surface area contributed by atoms with Crippen molar-refractivity contribution in [3.63, 3.8) is 0 Å². The SMILES string of the molecule is OCc1nc(N2C[C@H]3C[C@@H](N4CCOCC4)[C@H](O)C[C@H]3C2)c2ccccc2n1. The van der Waals surface area contributed by atoms with E-state index in [0.717, 1.165) is 69.0 Å². The molecule has 7 nitrogen and oxygen atoms in total. The highest BCUT2D eigenvalue weighted by Gasteiger charge is 2.44. The molecular weight excluding hydrogens is 356 g/mol. The molecule has 2 aliphatic heterocycles. The van der Waals surface area contributed by atoms with Crippen LogP contribution in [0, 0.1) is 11.8 Å². The van der Waals surface area contributed by atoms with E-state index in [2.05, 4.69) is 25.8 Å². The van der Waals surface area contributed by atoms with Crippen molar-refractivity contribution in [2.24, 2.45) is 11.8 Å². The first-order chi connectivity index (χ1) is 13.7. The molecule has 1 aromatic heterocycles. The molecule has 3 fully saturated rings. The Morgan fingerprint density at radius 2 is 1.79 bits per heavy atom. The lowest BCUT2D eigenvalue weighted by atomic mass is 9.77. The number of aliphatic hydroxyl groups is 2. The highest BCUT2D eigenvalue weighted by molar-refractivity contribution is 5.89. The molecule has 3 aliphatic rings. The summed E-state index contributed by atoms with van der Waals surface area (Å²) in [7, 11) is 0. The van der Waals surface area contributed by atoms with Gasteiger partial charge in [-0.2, -0.15) is 0 Å². The van der Waals surface area contributed by atoms with Gasteiger partial charge >= 0.3 is 0 Å². The summed E-state index contributed by atoms with van der Waals surface area (Å²) >= 11 is 0. The Bertz CT molecular complexity index is 842. The summed E-state index contributed by atoms with van der Waals surface area (Å²) in [5, 5.41) is 21.4. The van der Waals surface area contributed by atoms with Gasteiger partial charge < -0.3 is 19.8 Å². The van der Waals surface area contributed by atoms with Crippen LogP contribution in [-0.2, 0) is 11.3 Å². The zero-order valence-corrected chi connectivity index (χ0v) is 16.1. The second-order valence-electron chi connectivity index (χ2n) is 8.32. The minimum absolute atomic E-state index is 0.156. The maximum Gasteiger partial charge on any atom is 0.156 e. The van der Waals surface area contributed by atoms with Crippen molar-refractivity contribution in [2.45, 2.75) is 31.6 Å². The predicted octanol–water partition coefficient (Wildman–Crippen LogP) is 1.03. The third kappa shape index (κ3) is 3.26. The number of anilines is 1. The van der Waals surface area contributed by atoms with Crippen molar-refractivity contribution >= 4 is 16.7 Å². The van der Waals surface area contributed by atoms with Crippen LogP contribution in [0.3, 0.4) is 0 Å². The summed E-state index contributed by atoms with van der Waals surface area (Å²) in [6.45, 7) is 5.06. The van der Waals surface area contributed by atoms with Crippen molar-refractivity contribution in [1.29, 1.82) is 0 Å². The van der Waals surface area contributed by atoms with E-state index in [4.69, 9.17) is 4.74 Å². The number of aromatic nitrogens is 2. The van der Waals surface area contributed by atoms with Crippen molar-refractivity contribution in [2.75, 3.05) is 44.3 Å². The van der Waals surface area contributed by atoms with Gasteiger partial charge in [-0.3, -0.25) is 4.90 Å². The number of nitrogens with zero attached hydrogens (tertiary/aromatic N) is 4. The Kier molecular flexibility index (Phi) is 4.92. The van der Waals surface area contributed by atoms with E-state index in [1.54, 1.807) is 0 Å². The first-order valence-corrected chi connectivity index (χ1v) is 10.3. The third-order valence-electron chi connectivity index (χ3n) is 6.69. The lowest BCUT2D eigenvalue weighted by Crippen LogP contribution is -2.53. The smallest absolute Gasteiger partial charge is 0.156 e. The van der Waals surface area contributed by atoms with Crippen molar-refractivity contribution in [3.8, 4) is 0 Å². The van der Waals surface area contributed by atoms with Crippen LogP contribution in [0.1, 0.15) is 18.7 Å². The molecule has 0 unspecified atom stereocenters. The second-order valence-corrected chi connectivity index (χ2v) is 8.32. The highest BCUT2D eigenvalue weighted by atomic mass is 16.5. The molecule has 150 valence electrons. The van der Waals surface area contributed by atoms with E-state index in [0.29, 0.717) is 17.7 Å². The fraction of sp³-hybridized carbons (Fsp3) is 0.619. The molecular formula is C21H28N4O3. The molecule has 5 rings (SSSR count). The van der Waals surface area contributed by atoms with Crippen LogP contribution < -0.4 is 4.90 Å². The Labute approximate surface area is 165 Å². The number of para-hydroxylation sites is 1. The average Bonchev–Trinajstić information content (AvgIpc) is 3.15. The monoisotopic (exact) mass is 384 g/mol. The van der Waals surface area contributed by atoms with E-state index in [1.165, 1.54) is 0 Å². The minimum atomic E-state index is -0.269. The van der Waals surface area contributed by atoms with E-state index >= 15 is 0 Å². The third-order valence-corrected chi connectivity index (χ3v) is 6.69. The first-order valence-electron chi connectivity index (χ1n) is 10.3. The van der Waals surface area contributed by atoms with Crippen molar-refractivity contribution in [1.82, 2.24) is 14.9 Å². The lowest BCUT2D eigenvalue weighted by Gasteiger charge is -2.43. The predicted molar refractivity (Wildman–Crippen MR) is 106 cm³/mol. The van der Waals surface area contributed by atoms with Crippen molar-refractivity contribution in [3.05, 3.63) is 30.1 Å². The molecule has 1 aliphatic carbocycles. The van der Waals surface area contributed by atoms with Crippen LogP contribution in [0.15, 0.2) is 24.3 Å². The summed E-state index contributed by atoms with van der Waals surface area (Å²) in [5.41, 5.74) is 0.873. The average molecular weight is 384 g/mol. The van der Waals surface area contributed by atoms with Gasteiger partial charge in [-0.05, 0) is 36.8 Å². The fourth-order valence-corrected chi connectivity index (χ4v) is 5.30. The van der Waals surface area contributed by atoms with Gasteiger partial charge in [-0.25, -0.2) is 9.97 Å². The number of fused-ring (bicyclic) bond motifs is 2. The van der Waals surface area contributed by atoms with Crippen LogP contribution in [0.25, 0.3) is 10.9 Å². The molecule has 28 heavy (non-hydrogen) atoms. The molecule has 1 saturated carbocycles.